The van der Waals surface area contributed by atoms with Gasteiger partial charge < -0.3 is 10.0 Å². The fourth-order valence-electron chi connectivity index (χ4n) is 2.04. The molecule has 1 unspecified atom stereocenters. The molecule has 1 heterocycles. The average molecular weight is 213 g/mol. The normalized spacial score (nSPS) is 22.5. The van der Waals surface area contributed by atoms with Crippen molar-refractivity contribution in [2.24, 2.45) is 11.8 Å². The minimum absolute atomic E-state index is 0.230. The van der Waals surface area contributed by atoms with Gasteiger partial charge >= 0.3 is 0 Å². The Bertz CT molecular complexity index is 230. The van der Waals surface area contributed by atoms with E-state index in [1.165, 1.54) is 0 Å². The SMILES string of the molecule is CC(C)CC(=O)N1CCC(C(C)(C)O)C1. The summed E-state index contributed by atoms with van der Waals surface area (Å²) >= 11 is 0. The number of carbonyl (C=O) groups excluding carboxylic acids is 1. The summed E-state index contributed by atoms with van der Waals surface area (Å²) in [5.41, 5.74) is -0.660. The maximum Gasteiger partial charge on any atom is 0.222 e. The maximum atomic E-state index is 11.8. The largest absolute Gasteiger partial charge is 0.390 e. The molecule has 1 rings (SSSR count). The van der Waals surface area contributed by atoms with E-state index < -0.39 is 5.60 Å². The van der Waals surface area contributed by atoms with Crippen molar-refractivity contribution in [1.29, 1.82) is 0 Å². The Hall–Kier alpha value is -0.570. The third-order valence-electron chi connectivity index (χ3n) is 3.12. The van der Waals surface area contributed by atoms with E-state index in [1.54, 1.807) is 0 Å². The standard InChI is InChI=1S/C12H23NO2/c1-9(2)7-11(14)13-6-5-10(8-13)12(3,4)15/h9-10,15H,5-8H2,1-4H3. The highest BCUT2D eigenvalue weighted by Gasteiger charge is 2.35. The molecule has 0 aromatic heterocycles. The first-order valence-electron chi connectivity index (χ1n) is 5.81. The lowest BCUT2D eigenvalue weighted by Gasteiger charge is -2.25. The van der Waals surface area contributed by atoms with Crippen LogP contribution in [0.2, 0.25) is 0 Å². The molecule has 0 saturated carbocycles. The Labute approximate surface area is 92.5 Å². The van der Waals surface area contributed by atoms with Gasteiger partial charge in [-0.2, -0.15) is 0 Å². The van der Waals surface area contributed by atoms with E-state index in [4.69, 9.17) is 0 Å². The van der Waals surface area contributed by atoms with Gasteiger partial charge in [0.25, 0.3) is 0 Å². The van der Waals surface area contributed by atoms with Gasteiger partial charge in [-0.25, -0.2) is 0 Å². The van der Waals surface area contributed by atoms with Crippen LogP contribution >= 0.6 is 0 Å². The lowest BCUT2D eigenvalue weighted by atomic mass is 9.90. The molecule has 88 valence electrons. The quantitative estimate of drug-likeness (QED) is 0.774. The summed E-state index contributed by atoms with van der Waals surface area (Å²) in [7, 11) is 0. The zero-order chi connectivity index (χ0) is 11.6. The van der Waals surface area contributed by atoms with Crippen LogP contribution in [0.4, 0.5) is 0 Å². The number of rotatable bonds is 3. The van der Waals surface area contributed by atoms with Crippen molar-refractivity contribution in [3.8, 4) is 0 Å². The van der Waals surface area contributed by atoms with Gasteiger partial charge in [0.15, 0.2) is 0 Å². The van der Waals surface area contributed by atoms with Crippen molar-refractivity contribution >= 4 is 5.91 Å². The van der Waals surface area contributed by atoms with Gasteiger partial charge in [-0.1, -0.05) is 13.8 Å². The highest BCUT2D eigenvalue weighted by atomic mass is 16.3. The Morgan fingerprint density at radius 2 is 2.13 bits per heavy atom. The second-order valence-electron chi connectivity index (χ2n) is 5.58. The summed E-state index contributed by atoms with van der Waals surface area (Å²) in [5, 5.41) is 9.86. The number of likely N-dealkylation sites (tertiary alicyclic amines) is 1. The van der Waals surface area contributed by atoms with Crippen molar-refractivity contribution in [1.82, 2.24) is 4.90 Å². The highest BCUT2D eigenvalue weighted by molar-refractivity contribution is 5.76. The van der Waals surface area contributed by atoms with Crippen LogP contribution in [0.5, 0.6) is 0 Å². The molecule has 1 saturated heterocycles. The summed E-state index contributed by atoms with van der Waals surface area (Å²) in [6, 6.07) is 0. The van der Waals surface area contributed by atoms with Crippen LogP contribution in [0.1, 0.15) is 40.5 Å². The van der Waals surface area contributed by atoms with E-state index >= 15 is 0 Å². The molecular formula is C12H23NO2. The third-order valence-corrected chi connectivity index (χ3v) is 3.12. The number of nitrogens with zero attached hydrogens (tertiary/aromatic N) is 1. The summed E-state index contributed by atoms with van der Waals surface area (Å²) in [5.74, 6) is 0.879. The lowest BCUT2D eigenvalue weighted by Crippen LogP contribution is -2.35. The molecular weight excluding hydrogens is 190 g/mol. The molecule has 0 spiro atoms. The van der Waals surface area contributed by atoms with Gasteiger partial charge in [-0.3, -0.25) is 4.79 Å². The molecule has 0 bridgehead atoms. The van der Waals surface area contributed by atoms with Gasteiger partial charge in [0.2, 0.25) is 5.91 Å². The topological polar surface area (TPSA) is 40.5 Å². The van der Waals surface area contributed by atoms with E-state index in [1.807, 2.05) is 18.7 Å². The molecule has 0 aliphatic carbocycles. The smallest absolute Gasteiger partial charge is 0.222 e. The molecule has 0 aromatic carbocycles. The molecule has 1 aliphatic heterocycles. The minimum Gasteiger partial charge on any atom is -0.390 e. The molecule has 1 amide bonds. The van der Waals surface area contributed by atoms with E-state index in [-0.39, 0.29) is 11.8 Å². The fraction of sp³-hybridized carbons (Fsp3) is 0.917. The van der Waals surface area contributed by atoms with E-state index in [2.05, 4.69) is 13.8 Å². The van der Waals surface area contributed by atoms with Gasteiger partial charge in [0.05, 0.1) is 5.60 Å². The van der Waals surface area contributed by atoms with Crippen LogP contribution < -0.4 is 0 Å². The maximum absolute atomic E-state index is 11.8. The van der Waals surface area contributed by atoms with Crippen LogP contribution in [0.15, 0.2) is 0 Å². The fourth-order valence-corrected chi connectivity index (χ4v) is 2.04. The van der Waals surface area contributed by atoms with Crippen LogP contribution in [0.25, 0.3) is 0 Å². The van der Waals surface area contributed by atoms with Crippen LogP contribution in [0.3, 0.4) is 0 Å². The Morgan fingerprint density at radius 3 is 2.53 bits per heavy atom. The van der Waals surface area contributed by atoms with Crippen LogP contribution in [0, 0.1) is 11.8 Å². The average Bonchev–Trinajstić information content (AvgIpc) is 2.48. The zero-order valence-electron chi connectivity index (χ0n) is 10.3. The summed E-state index contributed by atoms with van der Waals surface area (Å²) in [6.45, 7) is 9.29. The minimum atomic E-state index is -0.660. The lowest BCUT2D eigenvalue weighted by molar-refractivity contribution is -0.131. The van der Waals surface area contributed by atoms with Crippen molar-refractivity contribution in [3.63, 3.8) is 0 Å². The molecule has 0 aromatic rings. The Morgan fingerprint density at radius 1 is 1.53 bits per heavy atom. The summed E-state index contributed by atoms with van der Waals surface area (Å²) < 4.78 is 0. The Balaban J connectivity index is 2.46. The van der Waals surface area contributed by atoms with E-state index in [0.29, 0.717) is 12.3 Å². The predicted molar refractivity (Wildman–Crippen MR) is 60.4 cm³/mol. The van der Waals surface area contributed by atoms with Crippen LogP contribution in [-0.4, -0.2) is 34.6 Å². The van der Waals surface area contributed by atoms with E-state index in [9.17, 15) is 9.90 Å². The number of hydrogen-bond donors (Lipinski definition) is 1. The number of amides is 1. The molecule has 1 fully saturated rings. The van der Waals surface area contributed by atoms with Gasteiger partial charge in [-0.15, -0.1) is 0 Å². The van der Waals surface area contributed by atoms with Gasteiger partial charge in [0.1, 0.15) is 0 Å². The first kappa shape index (κ1) is 12.5. The second-order valence-corrected chi connectivity index (χ2v) is 5.58. The predicted octanol–water partition coefficient (Wildman–Crippen LogP) is 1.65. The third kappa shape index (κ3) is 3.49. The molecule has 3 heteroatoms. The van der Waals surface area contributed by atoms with Crippen molar-refractivity contribution < 1.29 is 9.90 Å². The molecule has 1 atom stereocenters. The number of hydrogen-bond acceptors (Lipinski definition) is 2. The molecule has 15 heavy (non-hydrogen) atoms. The van der Waals surface area contributed by atoms with Crippen molar-refractivity contribution in [2.75, 3.05) is 13.1 Å². The zero-order valence-corrected chi connectivity index (χ0v) is 10.3. The van der Waals surface area contributed by atoms with Crippen LogP contribution in [-0.2, 0) is 4.79 Å². The monoisotopic (exact) mass is 213 g/mol. The van der Waals surface area contributed by atoms with Crippen molar-refractivity contribution in [3.05, 3.63) is 0 Å². The van der Waals surface area contributed by atoms with Gasteiger partial charge in [-0.05, 0) is 26.2 Å². The first-order valence-corrected chi connectivity index (χ1v) is 5.81. The summed E-state index contributed by atoms with van der Waals surface area (Å²) in [4.78, 5) is 13.7. The van der Waals surface area contributed by atoms with Gasteiger partial charge in [0, 0.05) is 25.4 Å². The molecule has 0 radical (unpaired) electrons. The summed E-state index contributed by atoms with van der Waals surface area (Å²) in [6.07, 6.45) is 1.55. The molecule has 1 aliphatic rings. The second kappa shape index (κ2) is 4.52. The molecule has 1 N–H and O–H groups in total. The molecule has 3 nitrogen and oxygen atoms in total. The highest BCUT2D eigenvalue weighted by Crippen LogP contribution is 2.27. The Kier molecular flexibility index (Phi) is 3.77. The number of carbonyl (C=O) groups is 1. The first-order chi connectivity index (χ1) is 6.80. The van der Waals surface area contributed by atoms with Crippen molar-refractivity contribution in [2.45, 2.75) is 46.1 Å². The number of aliphatic hydroxyl groups is 1. The van der Waals surface area contributed by atoms with E-state index in [0.717, 1.165) is 19.5 Å².